The molecule has 3 fully saturated rings. The normalized spacial score (nSPS) is 29.7. The topological polar surface area (TPSA) is 101 Å². The van der Waals surface area contributed by atoms with Crippen molar-refractivity contribution in [2.45, 2.75) is 124 Å². The lowest BCUT2D eigenvalue weighted by atomic mass is 9.47. The Morgan fingerprint density at radius 2 is 1.58 bits per heavy atom. The number of esters is 3. The number of likely N-dealkylation sites (N-methyl/N-ethyl adjacent to an activating group) is 1. The Morgan fingerprint density at radius 1 is 0.887 bits per heavy atom. The maximum Gasteiger partial charge on any atom is 0.338 e. The summed E-state index contributed by atoms with van der Waals surface area (Å²) in [5.41, 5.74) is 2.33. The third-order valence-electron chi connectivity index (χ3n) is 13.8. The minimum Gasteiger partial charge on any atom is -0.493 e. The van der Waals surface area contributed by atoms with E-state index in [-0.39, 0.29) is 53.8 Å². The molecule has 4 aliphatic rings. The van der Waals surface area contributed by atoms with Gasteiger partial charge in [-0.1, -0.05) is 65.5 Å². The number of benzene rings is 1. The third-order valence-corrected chi connectivity index (χ3v) is 13.8. The Balaban J connectivity index is 1.13. The first kappa shape index (κ1) is 41.1. The minimum absolute atomic E-state index is 0.0413. The van der Waals surface area contributed by atoms with Crippen LogP contribution in [0.25, 0.3) is 0 Å². The molecular weight excluding hydrogens is 670 g/mol. The second kappa shape index (κ2) is 17.6. The van der Waals surface area contributed by atoms with Crippen molar-refractivity contribution in [1.29, 1.82) is 0 Å². The summed E-state index contributed by atoms with van der Waals surface area (Å²) in [6, 6.07) is 2.90. The smallest absolute Gasteiger partial charge is 0.338 e. The summed E-state index contributed by atoms with van der Waals surface area (Å²) < 4.78 is 27.8. The average molecular weight is 738 g/mol. The first-order chi connectivity index (χ1) is 25.2. The highest BCUT2D eigenvalue weighted by molar-refractivity contribution is 5.91. The van der Waals surface area contributed by atoms with Gasteiger partial charge in [-0.3, -0.25) is 9.59 Å². The van der Waals surface area contributed by atoms with Gasteiger partial charge in [-0.05, 0) is 118 Å². The Hall–Kier alpha value is -3.07. The molecule has 0 bridgehead atoms. The number of ether oxygens (including phenoxy) is 5. The maximum atomic E-state index is 13.0. The SMILES string of the molecule is COc1cc(C(=O)OCCN(C)C)cc(OC)c1OC(=O)CCC(=O)O[C@H]1CC[C@@]2(C)C(=CC[C@H]3[C@@H]4CC[C@H]([C@H](C)CCCC(C)C)[C@@]4(C)CC[C@@H]32)C1. The molecule has 9 nitrogen and oxygen atoms in total. The van der Waals surface area contributed by atoms with E-state index in [9.17, 15) is 14.4 Å². The van der Waals surface area contributed by atoms with Gasteiger partial charge in [0.2, 0.25) is 5.75 Å². The molecule has 4 aliphatic carbocycles. The molecule has 0 spiro atoms. The van der Waals surface area contributed by atoms with Crippen LogP contribution in [0.15, 0.2) is 23.8 Å². The predicted octanol–water partition coefficient (Wildman–Crippen LogP) is 9.06. The fraction of sp³-hybridized carbons (Fsp3) is 0.750. The summed E-state index contributed by atoms with van der Waals surface area (Å²) in [5, 5.41) is 0. The fourth-order valence-electron chi connectivity index (χ4n) is 10.9. The van der Waals surface area contributed by atoms with Crippen molar-refractivity contribution >= 4 is 17.9 Å². The van der Waals surface area contributed by atoms with Gasteiger partial charge in [0.1, 0.15) is 12.7 Å². The van der Waals surface area contributed by atoms with Gasteiger partial charge in [-0.15, -0.1) is 0 Å². The summed E-state index contributed by atoms with van der Waals surface area (Å²) in [6.45, 7) is 13.2. The fourth-order valence-corrected chi connectivity index (χ4v) is 10.9. The van der Waals surface area contributed by atoms with E-state index in [1.807, 2.05) is 19.0 Å². The molecule has 9 heteroatoms. The van der Waals surface area contributed by atoms with Crippen molar-refractivity contribution in [3.63, 3.8) is 0 Å². The summed E-state index contributed by atoms with van der Waals surface area (Å²) >= 11 is 0. The number of fused-ring (bicyclic) bond motifs is 5. The van der Waals surface area contributed by atoms with E-state index in [0.717, 1.165) is 55.3 Å². The van der Waals surface area contributed by atoms with E-state index >= 15 is 0 Å². The molecule has 5 rings (SSSR count). The van der Waals surface area contributed by atoms with E-state index in [0.29, 0.717) is 17.9 Å². The number of carbonyl (C=O) groups excluding carboxylic acids is 3. The Morgan fingerprint density at radius 3 is 2.25 bits per heavy atom. The van der Waals surface area contributed by atoms with Crippen LogP contribution in [0.1, 0.15) is 128 Å². The molecule has 0 unspecified atom stereocenters. The lowest BCUT2D eigenvalue weighted by molar-refractivity contribution is -0.153. The molecule has 1 aromatic rings. The number of hydrogen-bond donors (Lipinski definition) is 0. The number of rotatable bonds is 16. The quantitative estimate of drug-likeness (QED) is 0.0935. The van der Waals surface area contributed by atoms with E-state index in [4.69, 9.17) is 23.7 Å². The Bertz CT molecular complexity index is 1460. The molecule has 0 aromatic heterocycles. The Labute approximate surface area is 318 Å². The molecule has 3 saturated carbocycles. The zero-order valence-corrected chi connectivity index (χ0v) is 34.1. The first-order valence-corrected chi connectivity index (χ1v) is 20.4. The van der Waals surface area contributed by atoms with Crippen LogP contribution in [-0.2, 0) is 19.1 Å². The highest BCUT2D eigenvalue weighted by atomic mass is 16.6. The molecule has 0 heterocycles. The van der Waals surface area contributed by atoms with Gasteiger partial charge in [0, 0.05) is 13.0 Å². The molecule has 0 amide bonds. The van der Waals surface area contributed by atoms with Crippen LogP contribution in [0, 0.1) is 46.3 Å². The standard InChI is InChI=1S/C44H67NO8/c1-28(2)11-10-12-29(3)34-15-16-35-33-14-13-31-27-32(19-21-43(31,4)36(33)20-22-44(34,35)5)52-39(46)17-18-40(47)53-41-37(49-8)25-30(26-38(41)50-9)42(48)51-24-23-45(6)7/h13,25-26,28-29,32-36H,10-12,14-24,27H2,1-9H3/t29-,32+,33+,34-,35+,36+,43+,44-/m1/s1. The van der Waals surface area contributed by atoms with Gasteiger partial charge in [0.25, 0.3) is 0 Å². The highest BCUT2D eigenvalue weighted by Crippen LogP contribution is 2.67. The molecular formula is C44H67NO8. The molecule has 0 saturated heterocycles. The predicted molar refractivity (Wildman–Crippen MR) is 206 cm³/mol. The summed E-state index contributed by atoms with van der Waals surface area (Å²) in [4.78, 5) is 40.4. The zero-order valence-electron chi connectivity index (χ0n) is 34.1. The van der Waals surface area contributed by atoms with Crippen molar-refractivity contribution in [3.05, 3.63) is 29.3 Å². The third kappa shape index (κ3) is 9.25. The first-order valence-electron chi connectivity index (χ1n) is 20.4. The van der Waals surface area contributed by atoms with Crippen molar-refractivity contribution in [2.75, 3.05) is 41.5 Å². The van der Waals surface area contributed by atoms with Crippen molar-refractivity contribution in [3.8, 4) is 17.2 Å². The second-order valence-electron chi connectivity index (χ2n) is 17.8. The molecule has 0 N–H and O–H groups in total. The minimum atomic E-state index is -0.625. The van der Waals surface area contributed by atoms with Gasteiger partial charge in [-0.25, -0.2) is 4.79 Å². The van der Waals surface area contributed by atoms with Crippen LogP contribution in [0.2, 0.25) is 0 Å². The van der Waals surface area contributed by atoms with Crippen LogP contribution < -0.4 is 14.2 Å². The largest absolute Gasteiger partial charge is 0.493 e. The van der Waals surface area contributed by atoms with Crippen LogP contribution in [0.5, 0.6) is 17.2 Å². The molecule has 0 radical (unpaired) electrons. The summed E-state index contributed by atoms with van der Waals surface area (Å²) in [7, 11) is 6.60. The number of methoxy groups -OCH3 is 2. The van der Waals surface area contributed by atoms with Crippen LogP contribution in [0.3, 0.4) is 0 Å². The Kier molecular flexibility index (Phi) is 13.6. The van der Waals surface area contributed by atoms with Crippen LogP contribution in [-0.4, -0.2) is 70.4 Å². The molecule has 0 aliphatic heterocycles. The van der Waals surface area contributed by atoms with Crippen molar-refractivity contribution in [1.82, 2.24) is 4.90 Å². The van der Waals surface area contributed by atoms with E-state index in [1.165, 1.54) is 76.9 Å². The lowest BCUT2D eigenvalue weighted by Crippen LogP contribution is -2.51. The van der Waals surface area contributed by atoms with Gasteiger partial charge < -0.3 is 28.6 Å². The monoisotopic (exact) mass is 737 g/mol. The molecule has 1 aromatic carbocycles. The van der Waals surface area contributed by atoms with E-state index in [2.05, 4.69) is 40.7 Å². The van der Waals surface area contributed by atoms with Gasteiger partial charge >= 0.3 is 17.9 Å². The molecule has 8 atom stereocenters. The second-order valence-corrected chi connectivity index (χ2v) is 17.8. The van der Waals surface area contributed by atoms with Gasteiger partial charge in [-0.2, -0.15) is 0 Å². The van der Waals surface area contributed by atoms with Crippen LogP contribution >= 0.6 is 0 Å². The van der Waals surface area contributed by atoms with E-state index in [1.54, 1.807) is 0 Å². The lowest BCUT2D eigenvalue weighted by Gasteiger charge is -2.58. The molecule has 296 valence electrons. The number of allylic oxidation sites excluding steroid dienone is 1. The number of hydrogen-bond acceptors (Lipinski definition) is 9. The number of nitrogens with zero attached hydrogens (tertiary/aromatic N) is 1. The highest BCUT2D eigenvalue weighted by Gasteiger charge is 2.59. The van der Waals surface area contributed by atoms with Gasteiger partial charge in [0.05, 0.1) is 32.6 Å². The zero-order chi connectivity index (χ0) is 38.5. The van der Waals surface area contributed by atoms with E-state index < -0.39 is 17.9 Å². The van der Waals surface area contributed by atoms with Crippen molar-refractivity contribution in [2.24, 2.45) is 46.3 Å². The average Bonchev–Trinajstić information content (AvgIpc) is 3.47. The van der Waals surface area contributed by atoms with Crippen LogP contribution in [0.4, 0.5) is 0 Å². The van der Waals surface area contributed by atoms with Crippen molar-refractivity contribution < 1.29 is 38.1 Å². The maximum absolute atomic E-state index is 13.0. The summed E-state index contributed by atoms with van der Waals surface area (Å²) in [5.74, 6) is 3.51. The molecule has 53 heavy (non-hydrogen) atoms. The number of carbonyl (C=O) groups is 3. The summed E-state index contributed by atoms with van der Waals surface area (Å²) in [6.07, 6.45) is 15.5. The van der Waals surface area contributed by atoms with Gasteiger partial charge in [0.15, 0.2) is 11.5 Å².